The van der Waals surface area contributed by atoms with Crippen LogP contribution in [0, 0.1) is 13.8 Å². The number of rotatable bonds is 7. The first-order chi connectivity index (χ1) is 18.3. The van der Waals surface area contributed by atoms with E-state index in [1.54, 1.807) is 37.3 Å². The lowest BCUT2D eigenvalue weighted by Crippen LogP contribution is -2.35. The van der Waals surface area contributed by atoms with Gasteiger partial charge in [-0.15, -0.1) is 0 Å². The second-order valence-electron chi connectivity index (χ2n) is 9.28. The third-order valence-electron chi connectivity index (χ3n) is 6.83. The highest BCUT2D eigenvalue weighted by molar-refractivity contribution is 7.89. The van der Waals surface area contributed by atoms with Gasteiger partial charge in [-0.2, -0.15) is 13.1 Å². The van der Waals surface area contributed by atoms with Crippen LogP contribution in [0.4, 0.5) is 0 Å². The minimum Gasteiger partial charge on any atom is -0.454 e. The number of aromatic amines is 1. The molecule has 0 amide bonds. The number of sulfonamides is 1. The summed E-state index contributed by atoms with van der Waals surface area (Å²) >= 11 is 0.973. The summed E-state index contributed by atoms with van der Waals surface area (Å²) in [6.07, 6.45) is 0.487. The highest BCUT2D eigenvalue weighted by Crippen LogP contribution is 2.35. The molecule has 6 rings (SSSR count). The Labute approximate surface area is 223 Å². The number of aromatic nitrogens is 3. The van der Waals surface area contributed by atoms with Crippen molar-refractivity contribution in [2.45, 2.75) is 31.7 Å². The molecular weight excluding hydrogens is 524 g/mol. The molecule has 1 aliphatic heterocycles. The Hall–Kier alpha value is -3.80. The van der Waals surface area contributed by atoms with Crippen molar-refractivity contribution in [3.8, 4) is 11.5 Å². The fourth-order valence-corrected chi connectivity index (χ4v) is 7.12. The lowest BCUT2D eigenvalue weighted by molar-refractivity contribution is 0.174. The molecule has 0 spiro atoms. The van der Waals surface area contributed by atoms with E-state index >= 15 is 0 Å². The third-order valence-corrected chi connectivity index (χ3v) is 9.39. The molecule has 1 aliphatic rings. The lowest BCUT2D eigenvalue weighted by Gasteiger charge is -2.24. The summed E-state index contributed by atoms with van der Waals surface area (Å²) < 4.78 is 49.2. The Kier molecular flexibility index (Phi) is 6.13. The first-order valence-electron chi connectivity index (χ1n) is 12.0. The quantitative estimate of drug-likeness (QED) is 0.322. The number of benzene rings is 3. The Bertz CT molecular complexity index is 1860. The number of aryl methyl sites for hydroxylation is 2. The van der Waals surface area contributed by atoms with Crippen molar-refractivity contribution < 1.29 is 17.9 Å². The van der Waals surface area contributed by atoms with E-state index in [4.69, 9.17) is 9.47 Å². The molecule has 0 radical (unpaired) electrons. The summed E-state index contributed by atoms with van der Waals surface area (Å²) in [7, 11) is -4.05. The number of pyridine rings is 1. The molecule has 194 valence electrons. The van der Waals surface area contributed by atoms with Gasteiger partial charge >= 0.3 is 0 Å². The zero-order valence-electron chi connectivity index (χ0n) is 20.7. The first-order valence-corrected chi connectivity index (χ1v) is 14.2. The van der Waals surface area contributed by atoms with Crippen LogP contribution in [0.15, 0.2) is 64.3 Å². The summed E-state index contributed by atoms with van der Waals surface area (Å²) in [5, 5.41) is 0.724. The topological polar surface area (TPSA) is 114 Å². The Balaban J connectivity index is 1.44. The maximum Gasteiger partial charge on any atom is 0.252 e. The number of ether oxygens (including phenoxy) is 2. The van der Waals surface area contributed by atoms with E-state index in [0.29, 0.717) is 45.6 Å². The lowest BCUT2D eigenvalue weighted by atomic mass is 10.1. The van der Waals surface area contributed by atoms with E-state index in [0.717, 1.165) is 28.2 Å². The Morgan fingerprint density at radius 1 is 0.974 bits per heavy atom. The summed E-state index contributed by atoms with van der Waals surface area (Å²) in [5.41, 5.74) is 4.11. The molecule has 1 N–H and O–H groups in total. The molecule has 3 heterocycles. The predicted molar refractivity (Wildman–Crippen MR) is 145 cm³/mol. The van der Waals surface area contributed by atoms with Crippen LogP contribution in [0.1, 0.15) is 22.3 Å². The van der Waals surface area contributed by atoms with Gasteiger partial charge in [0, 0.05) is 30.1 Å². The Morgan fingerprint density at radius 3 is 2.58 bits per heavy atom. The average molecular weight is 549 g/mol. The molecule has 0 saturated heterocycles. The number of H-pyrrole nitrogens is 1. The number of nitrogens with one attached hydrogen (secondary N) is 1. The molecule has 38 heavy (non-hydrogen) atoms. The summed E-state index contributed by atoms with van der Waals surface area (Å²) in [6.45, 7) is 3.93. The fraction of sp³-hybridized carbons (Fsp3) is 0.222. The van der Waals surface area contributed by atoms with E-state index in [9.17, 15) is 13.2 Å². The van der Waals surface area contributed by atoms with Gasteiger partial charge in [-0.05, 0) is 55.2 Å². The molecular formula is C27H24N4O5S2. The van der Waals surface area contributed by atoms with Gasteiger partial charge in [-0.3, -0.25) is 4.79 Å². The summed E-state index contributed by atoms with van der Waals surface area (Å²) in [4.78, 5) is 16.1. The maximum absolute atomic E-state index is 14.2. The van der Waals surface area contributed by atoms with Crippen LogP contribution in [0.2, 0.25) is 0 Å². The van der Waals surface area contributed by atoms with Crippen molar-refractivity contribution in [3.63, 3.8) is 0 Å². The van der Waals surface area contributed by atoms with E-state index in [1.807, 2.05) is 31.2 Å². The van der Waals surface area contributed by atoms with Crippen LogP contribution in [0.5, 0.6) is 11.5 Å². The minimum atomic E-state index is -4.05. The highest BCUT2D eigenvalue weighted by Gasteiger charge is 2.30. The van der Waals surface area contributed by atoms with Crippen molar-refractivity contribution >= 4 is 43.7 Å². The predicted octanol–water partition coefficient (Wildman–Crippen LogP) is 4.31. The fourth-order valence-electron chi connectivity index (χ4n) is 4.75. The van der Waals surface area contributed by atoms with Crippen LogP contribution in [0.25, 0.3) is 21.9 Å². The van der Waals surface area contributed by atoms with E-state index in [-0.39, 0.29) is 30.3 Å². The molecule has 0 bridgehead atoms. The van der Waals surface area contributed by atoms with Crippen LogP contribution < -0.4 is 15.0 Å². The van der Waals surface area contributed by atoms with E-state index in [1.165, 1.54) is 4.31 Å². The highest BCUT2D eigenvalue weighted by atomic mass is 32.2. The smallest absolute Gasteiger partial charge is 0.252 e. The van der Waals surface area contributed by atoms with Gasteiger partial charge in [0.25, 0.3) is 5.56 Å². The van der Waals surface area contributed by atoms with Crippen molar-refractivity contribution in [1.82, 2.24) is 18.0 Å². The van der Waals surface area contributed by atoms with Gasteiger partial charge in [0.05, 0.1) is 17.2 Å². The Morgan fingerprint density at radius 2 is 1.76 bits per heavy atom. The summed E-state index contributed by atoms with van der Waals surface area (Å²) in [5.74, 6) is 1.14. The standard InChI is InChI=1S/C27H24N4O5S2/c1-16-5-3-4-6-18(16)9-10-31(38(33,34)26-17(2)7-8-21-25(26)30-37-29-21)14-20-11-19-12-23-24(36-15-35-23)13-22(19)28-27(20)32/h3-8,11-13H,9-10,14-15H2,1-2H3,(H,28,32). The van der Waals surface area contributed by atoms with Crippen molar-refractivity contribution in [2.24, 2.45) is 0 Å². The van der Waals surface area contributed by atoms with Crippen molar-refractivity contribution in [3.05, 3.63) is 87.2 Å². The van der Waals surface area contributed by atoms with Gasteiger partial charge in [0.1, 0.15) is 15.9 Å². The van der Waals surface area contributed by atoms with Gasteiger partial charge in [0.15, 0.2) is 11.5 Å². The second kappa shape index (κ2) is 9.50. The monoisotopic (exact) mass is 548 g/mol. The van der Waals surface area contributed by atoms with Crippen LogP contribution in [-0.4, -0.2) is 39.8 Å². The molecule has 0 unspecified atom stereocenters. The second-order valence-corrected chi connectivity index (χ2v) is 11.7. The van der Waals surface area contributed by atoms with E-state index < -0.39 is 10.0 Å². The maximum atomic E-state index is 14.2. The van der Waals surface area contributed by atoms with Crippen LogP contribution >= 0.6 is 11.7 Å². The van der Waals surface area contributed by atoms with Crippen LogP contribution in [-0.2, 0) is 23.0 Å². The number of hydrogen-bond acceptors (Lipinski definition) is 8. The van der Waals surface area contributed by atoms with Crippen molar-refractivity contribution in [1.29, 1.82) is 0 Å². The largest absolute Gasteiger partial charge is 0.454 e. The van der Waals surface area contributed by atoms with Gasteiger partial charge in [-0.1, -0.05) is 30.3 Å². The van der Waals surface area contributed by atoms with E-state index in [2.05, 4.69) is 13.7 Å². The SMILES string of the molecule is Cc1ccccc1CCN(Cc1cc2cc3c(cc2[nH]c1=O)OCO3)S(=O)(=O)c1c(C)ccc2nsnc12. The zero-order valence-corrected chi connectivity index (χ0v) is 22.4. The third kappa shape index (κ3) is 4.32. The van der Waals surface area contributed by atoms with Gasteiger partial charge < -0.3 is 14.5 Å². The number of fused-ring (bicyclic) bond motifs is 3. The average Bonchev–Trinajstić information content (AvgIpc) is 3.55. The first kappa shape index (κ1) is 24.5. The van der Waals surface area contributed by atoms with Crippen LogP contribution in [0.3, 0.4) is 0 Å². The molecule has 5 aromatic rings. The molecule has 11 heteroatoms. The minimum absolute atomic E-state index is 0.110. The normalized spacial score (nSPS) is 13.1. The van der Waals surface area contributed by atoms with Gasteiger partial charge in [0.2, 0.25) is 16.8 Å². The number of nitrogens with zero attached hydrogens (tertiary/aromatic N) is 3. The molecule has 0 fully saturated rings. The van der Waals surface area contributed by atoms with Gasteiger partial charge in [-0.25, -0.2) is 8.42 Å². The zero-order chi connectivity index (χ0) is 26.4. The molecule has 2 aromatic heterocycles. The molecule has 3 aromatic carbocycles. The molecule has 9 nitrogen and oxygen atoms in total. The molecule has 0 atom stereocenters. The molecule has 0 aliphatic carbocycles. The number of hydrogen-bond donors (Lipinski definition) is 1. The summed E-state index contributed by atoms with van der Waals surface area (Å²) in [6, 6.07) is 16.6. The van der Waals surface area contributed by atoms with Crippen molar-refractivity contribution in [2.75, 3.05) is 13.3 Å². The molecule has 0 saturated carbocycles.